The van der Waals surface area contributed by atoms with Crippen molar-refractivity contribution in [1.29, 1.82) is 0 Å². The predicted octanol–water partition coefficient (Wildman–Crippen LogP) is 2.06. The van der Waals surface area contributed by atoms with Gasteiger partial charge in [-0.2, -0.15) is 0 Å². The number of carbonyl (C=O) groups is 1. The average molecular weight is 349 g/mol. The Morgan fingerprint density at radius 2 is 1.87 bits per heavy atom. The van der Waals surface area contributed by atoms with Gasteiger partial charge in [-0.15, -0.1) is 12.4 Å². The van der Waals surface area contributed by atoms with Crippen LogP contribution in [0.1, 0.15) is 18.4 Å². The molecule has 1 aliphatic rings. The Labute approximate surface area is 141 Å². The van der Waals surface area contributed by atoms with Crippen LogP contribution in [0.25, 0.3) is 0 Å². The third-order valence-electron chi connectivity index (χ3n) is 4.08. The van der Waals surface area contributed by atoms with E-state index in [1.165, 1.54) is 12.1 Å². The minimum absolute atomic E-state index is 0. The van der Waals surface area contributed by atoms with E-state index in [9.17, 15) is 13.6 Å². The van der Waals surface area contributed by atoms with Crippen molar-refractivity contribution < 1.29 is 18.3 Å². The highest BCUT2D eigenvalue weighted by molar-refractivity contribution is 5.85. The lowest BCUT2D eigenvalue weighted by Crippen LogP contribution is -2.50. The molecule has 0 aliphatic carbocycles. The molecule has 2 N–H and O–H groups in total. The standard InChI is InChI=1S/C16H22F2N2O2.ClH/c1-22-11-16(3-6-19-7-4-16)15(21)20-5-2-12-8-13(17)10-14(18)9-12;/h8-10,19H,2-7,11H2,1H3,(H,20,21);1H. The first-order valence-electron chi connectivity index (χ1n) is 7.49. The van der Waals surface area contributed by atoms with Crippen LogP contribution in [0.2, 0.25) is 0 Å². The number of amides is 1. The zero-order valence-electron chi connectivity index (χ0n) is 13.2. The van der Waals surface area contributed by atoms with Crippen molar-refractivity contribution in [3.8, 4) is 0 Å². The van der Waals surface area contributed by atoms with Crippen LogP contribution < -0.4 is 10.6 Å². The molecule has 1 saturated heterocycles. The summed E-state index contributed by atoms with van der Waals surface area (Å²) in [6.07, 6.45) is 1.84. The molecule has 0 bridgehead atoms. The number of hydrogen-bond acceptors (Lipinski definition) is 3. The largest absolute Gasteiger partial charge is 0.384 e. The molecule has 1 aromatic rings. The van der Waals surface area contributed by atoms with Crippen LogP contribution in [0, 0.1) is 17.0 Å². The normalized spacial score (nSPS) is 16.5. The first-order valence-corrected chi connectivity index (χ1v) is 7.49. The summed E-state index contributed by atoms with van der Waals surface area (Å²) >= 11 is 0. The first kappa shape index (κ1) is 19.8. The fourth-order valence-electron chi connectivity index (χ4n) is 2.88. The average Bonchev–Trinajstić information content (AvgIpc) is 2.47. The number of piperidine rings is 1. The Balaban J connectivity index is 0.00000264. The van der Waals surface area contributed by atoms with E-state index in [4.69, 9.17) is 4.74 Å². The Morgan fingerprint density at radius 1 is 1.26 bits per heavy atom. The van der Waals surface area contributed by atoms with Gasteiger partial charge >= 0.3 is 0 Å². The number of rotatable bonds is 6. The van der Waals surface area contributed by atoms with Gasteiger partial charge in [0, 0.05) is 19.7 Å². The Morgan fingerprint density at radius 3 is 2.43 bits per heavy atom. The van der Waals surface area contributed by atoms with Crippen LogP contribution in [0.5, 0.6) is 0 Å². The molecule has 1 aromatic carbocycles. The van der Waals surface area contributed by atoms with Crippen LogP contribution >= 0.6 is 12.4 Å². The molecular formula is C16H23ClF2N2O2. The van der Waals surface area contributed by atoms with Gasteiger partial charge < -0.3 is 15.4 Å². The Bertz CT molecular complexity index is 497. The summed E-state index contributed by atoms with van der Waals surface area (Å²) in [6, 6.07) is 3.40. The second-order valence-corrected chi connectivity index (χ2v) is 5.75. The summed E-state index contributed by atoms with van der Waals surface area (Å²) < 4.78 is 31.4. The SMILES string of the molecule is COCC1(C(=O)NCCc2cc(F)cc(F)c2)CCNCC1.Cl. The summed E-state index contributed by atoms with van der Waals surface area (Å²) in [5.74, 6) is -1.25. The zero-order chi connectivity index (χ0) is 16.0. The number of benzene rings is 1. The van der Waals surface area contributed by atoms with Gasteiger partial charge in [-0.3, -0.25) is 4.79 Å². The fourth-order valence-corrected chi connectivity index (χ4v) is 2.88. The van der Waals surface area contributed by atoms with Crippen LogP contribution in [-0.2, 0) is 16.0 Å². The molecule has 0 unspecified atom stereocenters. The van der Waals surface area contributed by atoms with Crippen molar-refractivity contribution >= 4 is 18.3 Å². The predicted molar refractivity (Wildman–Crippen MR) is 86.7 cm³/mol. The minimum Gasteiger partial charge on any atom is -0.384 e. The van der Waals surface area contributed by atoms with E-state index < -0.39 is 17.0 Å². The van der Waals surface area contributed by atoms with Gasteiger partial charge in [0.15, 0.2) is 0 Å². The Hall–Kier alpha value is -1.24. The van der Waals surface area contributed by atoms with E-state index in [-0.39, 0.29) is 18.3 Å². The van der Waals surface area contributed by atoms with Crippen LogP contribution in [0.4, 0.5) is 8.78 Å². The molecule has 1 heterocycles. The zero-order valence-corrected chi connectivity index (χ0v) is 14.0. The van der Waals surface area contributed by atoms with E-state index in [1.807, 2.05) is 0 Å². The maximum Gasteiger partial charge on any atom is 0.228 e. The first-order chi connectivity index (χ1) is 10.6. The molecule has 0 aromatic heterocycles. The lowest BCUT2D eigenvalue weighted by molar-refractivity contribution is -0.136. The van der Waals surface area contributed by atoms with E-state index in [2.05, 4.69) is 10.6 Å². The molecule has 0 saturated carbocycles. The molecule has 4 nitrogen and oxygen atoms in total. The van der Waals surface area contributed by atoms with Gasteiger partial charge in [0.05, 0.1) is 12.0 Å². The number of nitrogens with one attached hydrogen (secondary N) is 2. The highest BCUT2D eigenvalue weighted by Gasteiger charge is 2.39. The molecule has 23 heavy (non-hydrogen) atoms. The number of halogens is 3. The van der Waals surface area contributed by atoms with Crippen molar-refractivity contribution in [2.45, 2.75) is 19.3 Å². The van der Waals surface area contributed by atoms with Crippen LogP contribution in [0.15, 0.2) is 18.2 Å². The molecule has 0 atom stereocenters. The van der Waals surface area contributed by atoms with E-state index >= 15 is 0 Å². The summed E-state index contributed by atoms with van der Waals surface area (Å²) in [5, 5.41) is 6.10. The molecule has 1 fully saturated rings. The minimum atomic E-state index is -0.601. The lowest BCUT2D eigenvalue weighted by atomic mass is 9.78. The fraction of sp³-hybridized carbons (Fsp3) is 0.562. The quantitative estimate of drug-likeness (QED) is 0.827. The highest BCUT2D eigenvalue weighted by Crippen LogP contribution is 2.29. The molecular weight excluding hydrogens is 326 g/mol. The summed E-state index contributed by atoms with van der Waals surface area (Å²) in [5.41, 5.74) is 0.0246. The summed E-state index contributed by atoms with van der Waals surface area (Å²) in [7, 11) is 1.59. The van der Waals surface area contributed by atoms with Gasteiger partial charge in [0.2, 0.25) is 5.91 Å². The van der Waals surface area contributed by atoms with Crippen molar-refractivity contribution in [2.24, 2.45) is 5.41 Å². The maximum absolute atomic E-state index is 13.1. The van der Waals surface area contributed by atoms with Crippen molar-refractivity contribution in [3.63, 3.8) is 0 Å². The van der Waals surface area contributed by atoms with Gasteiger partial charge in [0.1, 0.15) is 11.6 Å². The van der Waals surface area contributed by atoms with E-state index in [0.29, 0.717) is 25.1 Å². The number of ether oxygens (including phenoxy) is 1. The third kappa shape index (κ3) is 5.41. The summed E-state index contributed by atoms with van der Waals surface area (Å²) in [6.45, 7) is 2.30. The van der Waals surface area contributed by atoms with Crippen LogP contribution in [-0.4, -0.2) is 39.3 Å². The van der Waals surface area contributed by atoms with E-state index in [0.717, 1.165) is 32.0 Å². The van der Waals surface area contributed by atoms with Crippen molar-refractivity contribution in [1.82, 2.24) is 10.6 Å². The topological polar surface area (TPSA) is 50.4 Å². The number of hydrogen-bond donors (Lipinski definition) is 2. The van der Waals surface area contributed by atoms with Gasteiger partial charge in [-0.25, -0.2) is 8.78 Å². The van der Waals surface area contributed by atoms with E-state index in [1.54, 1.807) is 7.11 Å². The molecule has 7 heteroatoms. The monoisotopic (exact) mass is 348 g/mol. The van der Waals surface area contributed by atoms with Crippen molar-refractivity contribution in [2.75, 3.05) is 33.4 Å². The van der Waals surface area contributed by atoms with Crippen molar-refractivity contribution in [3.05, 3.63) is 35.4 Å². The summed E-state index contributed by atoms with van der Waals surface area (Å²) in [4.78, 5) is 12.5. The molecule has 130 valence electrons. The van der Waals surface area contributed by atoms with Gasteiger partial charge in [0.25, 0.3) is 0 Å². The lowest BCUT2D eigenvalue weighted by Gasteiger charge is -2.35. The molecule has 1 aliphatic heterocycles. The molecule has 1 amide bonds. The maximum atomic E-state index is 13.1. The van der Waals surface area contributed by atoms with Crippen LogP contribution in [0.3, 0.4) is 0 Å². The number of methoxy groups -OCH3 is 1. The third-order valence-corrected chi connectivity index (χ3v) is 4.08. The smallest absolute Gasteiger partial charge is 0.228 e. The van der Waals surface area contributed by atoms with Gasteiger partial charge in [-0.1, -0.05) is 0 Å². The second-order valence-electron chi connectivity index (χ2n) is 5.75. The molecule has 0 radical (unpaired) electrons. The number of carbonyl (C=O) groups excluding carboxylic acids is 1. The van der Waals surface area contributed by atoms with Gasteiger partial charge in [-0.05, 0) is 50.0 Å². The molecule has 0 spiro atoms. The highest BCUT2D eigenvalue weighted by atomic mass is 35.5. The molecule has 2 rings (SSSR count). The second kappa shape index (κ2) is 9.15. The Kier molecular flexibility index (Phi) is 7.88.